The first kappa shape index (κ1) is 30.7. The van der Waals surface area contributed by atoms with Crippen molar-refractivity contribution in [3.05, 3.63) is 114 Å². The van der Waals surface area contributed by atoms with Gasteiger partial charge in [-0.3, -0.25) is 4.79 Å². The van der Waals surface area contributed by atoms with Crippen LogP contribution in [0.4, 0.5) is 15.3 Å². The van der Waals surface area contributed by atoms with E-state index in [1.54, 1.807) is 30.5 Å². The van der Waals surface area contributed by atoms with Gasteiger partial charge in [-0.1, -0.05) is 78.0 Å². The number of nitrogens with zero attached hydrogens (tertiary/aromatic N) is 3. The molecule has 3 aromatic carbocycles. The molecular weight excluding hydrogens is 550 g/mol. The second-order valence-electron chi connectivity index (χ2n) is 9.87. The number of nitrogens with two attached hydrogens (primary N) is 1. The molecule has 0 aliphatic rings. The second kappa shape index (κ2) is 15.7. The Balaban J connectivity index is 1.52. The molecule has 6 N–H and O–H groups in total. The maximum Gasteiger partial charge on any atom is 0.408 e. The molecule has 1 heterocycles. The molecule has 0 saturated heterocycles. The minimum Gasteiger partial charge on any atom is -0.445 e. The zero-order valence-electron chi connectivity index (χ0n) is 23.6. The lowest BCUT2D eigenvalue weighted by molar-refractivity contribution is -0.119. The summed E-state index contributed by atoms with van der Waals surface area (Å²) in [7, 11) is 0. The Hall–Kier alpha value is -5.23. The summed E-state index contributed by atoms with van der Waals surface area (Å²) in [6.45, 7) is 0.277. The Morgan fingerprint density at radius 3 is 2.23 bits per heavy atom. The summed E-state index contributed by atoms with van der Waals surface area (Å²) in [4.78, 5) is 37.3. The van der Waals surface area contributed by atoms with E-state index < -0.39 is 24.2 Å². The molecule has 12 heteroatoms. The molecule has 4 rings (SSSR count). The highest BCUT2D eigenvalue weighted by Crippen LogP contribution is 2.22. The molecule has 0 fully saturated rings. The van der Waals surface area contributed by atoms with Crippen molar-refractivity contribution in [1.82, 2.24) is 25.6 Å². The molecule has 0 aliphatic carbocycles. The first-order chi connectivity index (χ1) is 20.9. The summed E-state index contributed by atoms with van der Waals surface area (Å²) in [5.41, 5.74) is 8.71. The maximum absolute atomic E-state index is 13.4. The molecule has 0 bridgehead atoms. The van der Waals surface area contributed by atoms with Gasteiger partial charge in [-0.15, -0.1) is 5.10 Å². The Bertz CT molecular complexity index is 1460. The predicted molar refractivity (Wildman–Crippen MR) is 160 cm³/mol. The van der Waals surface area contributed by atoms with Crippen LogP contribution in [0.25, 0.3) is 0 Å². The van der Waals surface area contributed by atoms with E-state index in [1.165, 1.54) is 4.68 Å². The third-order valence-electron chi connectivity index (χ3n) is 6.65. The summed E-state index contributed by atoms with van der Waals surface area (Å²) in [5, 5.41) is 26.2. The fourth-order valence-electron chi connectivity index (χ4n) is 4.40. The van der Waals surface area contributed by atoms with E-state index in [9.17, 15) is 19.5 Å². The highest BCUT2D eigenvalue weighted by Gasteiger charge is 2.25. The molecule has 0 spiro atoms. The molecule has 0 saturated carbocycles. The Kier molecular flexibility index (Phi) is 11.2. The van der Waals surface area contributed by atoms with Gasteiger partial charge in [0.05, 0.1) is 18.8 Å². The zero-order chi connectivity index (χ0) is 30.4. The summed E-state index contributed by atoms with van der Waals surface area (Å²) in [6.07, 6.45) is 2.19. The van der Waals surface area contributed by atoms with Crippen LogP contribution in [-0.4, -0.2) is 44.7 Å². The van der Waals surface area contributed by atoms with Gasteiger partial charge in [0.1, 0.15) is 18.3 Å². The Morgan fingerprint density at radius 2 is 1.58 bits per heavy atom. The van der Waals surface area contributed by atoms with Crippen molar-refractivity contribution in [2.75, 3.05) is 11.9 Å². The third-order valence-corrected chi connectivity index (χ3v) is 6.65. The van der Waals surface area contributed by atoms with Crippen LogP contribution in [0.1, 0.15) is 47.3 Å². The van der Waals surface area contributed by atoms with Crippen LogP contribution >= 0.6 is 0 Å². The normalized spacial score (nSPS) is 12.1. The lowest BCUT2D eigenvalue weighted by atomic mass is 10.0. The SMILES string of the molecule is NC(=O)NCCC[C@@H](C(=O)Nc1ccc(CO)cc1)n1cc([C@H](Cc2ccccc2)NC(=O)OCc2ccccc2)nn1. The van der Waals surface area contributed by atoms with Crippen molar-refractivity contribution >= 4 is 23.7 Å². The molecule has 0 aliphatic heterocycles. The molecule has 1 aromatic heterocycles. The van der Waals surface area contributed by atoms with Gasteiger partial charge in [0, 0.05) is 12.2 Å². The van der Waals surface area contributed by atoms with Crippen LogP contribution in [0.5, 0.6) is 0 Å². The largest absolute Gasteiger partial charge is 0.445 e. The number of aliphatic hydroxyl groups excluding tert-OH is 1. The molecule has 224 valence electrons. The molecule has 4 amide bonds. The van der Waals surface area contributed by atoms with Gasteiger partial charge in [0.25, 0.3) is 0 Å². The molecule has 43 heavy (non-hydrogen) atoms. The van der Waals surface area contributed by atoms with Gasteiger partial charge in [-0.05, 0) is 48.1 Å². The number of urea groups is 1. The minimum atomic E-state index is -0.782. The number of primary amides is 1. The number of carbonyl (C=O) groups is 3. The average molecular weight is 586 g/mol. The van der Waals surface area contributed by atoms with E-state index in [1.807, 2.05) is 60.7 Å². The van der Waals surface area contributed by atoms with Crippen molar-refractivity contribution in [3.8, 4) is 0 Å². The van der Waals surface area contributed by atoms with E-state index in [4.69, 9.17) is 10.5 Å². The number of rotatable bonds is 14. The number of ether oxygens (including phenoxy) is 1. The molecule has 4 aromatic rings. The Morgan fingerprint density at radius 1 is 0.907 bits per heavy atom. The van der Waals surface area contributed by atoms with Gasteiger partial charge >= 0.3 is 12.1 Å². The van der Waals surface area contributed by atoms with Crippen molar-refractivity contribution in [1.29, 1.82) is 0 Å². The fraction of sp³-hybridized carbons (Fsp3) is 0.258. The number of hydrogen-bond donors (Lipinski definition) is 5. The number of hydrogen-bond acceptors (Lipinski definition) is 7. The lowest BCUT2D eigenvalue weighted by Crippen LogP contribution is -2.32. The third kappa shape index (κ3) is 9.68. The lowest BCUT2D eigenvalue weighted by Gasteiger charge is -2.18. The maximum atomic E-state index is 13.4. The van der Waals surface area contributed by atoms with Crippen molar-refractivity contribution in [2.45, 2.75) is 44.6 Å². The number of aromatic nitrogens is 3. The topological polar surface area (TPSA) is 173 Å². The molecule has 2 atom stereocenters. The fourth-order valence-corrected chi connectivity index (χ4v) is 4.40. The quantitative estimate of drug-likeness (QED) is 0.141. The van der Waals surface area contributed by atoms with Crippen LogP contribution in [0.15, 0.2) is 91.1 Å². The Labute approximate surface area is 249 Å². The van der Waals surface area contributed by atoms with Gasteiger partial charge in [-0.2, -0.15) is 0 Å². The number of anilines is 1. The van der Waals surface area contributed by atoms with E-state index in [2.05, 4.69) is 26.3 Å². The molecule has 12 nitrogen and oxygen atoms in total. The van der Waals surface area contributed by atoms with Gasteiger partial charge in [-0.25, -0.2) is 14.3 Å². The van der Waals surface area contributed by atoms with Gasteiger partial charge in [0.2, 0.25) is 5.91 Å². The van der Waals surface area contributed by atoms with Crippen molar-refractivity contribution in [2.24, 2.45) is 5.73 Å². The molecule has 0 radical (unpaired) electrons. The first-order valence-corrected chi connectivity index (χ1v) is 13.9. The highest BCUT2D eigenvalue weighted by atomic mass is 16.5. The summed E-state index contributed by atoms with van der Waals surface area (Å²) < 4.78 is 6.90. The van der Waals surface area contributed by atoms with Crippen molar-refractivity contribution < 1.29 is 24.2 Å². The van der Waals surface area contributed by atoms with Crippen LogP contribution < -0.4 is 21.7 Å². The number of benzene rings is 3. The second-order valence-corrected chi connectivity index (χ2v) is 9.87. The monoisotopic (exact) mass is 585 g/mol. The van der Waals surface area contributed by atoms with Crippen LogP contribution in [0, 0.1) is 0 Å². The minimum absolute atomic E-state index is 0.108. The van der Waals surface area contributed by atoms with E-state index in [0.29, 0.717) is 36.2 Å². The number of nitrogens with one attached hydrogen (secondary N) is 3. The van der Waals surface area contributed by atoms with Crippen molar-refractivity contribution in [3.63, 3.8) is 0 Å². The zero-order valence-corrected chi connectivity index (χ0v) is 23.6. The predicted octanol–water partition coefficient (Wildman–Crippen LogP) is 3.61. The first-order valence-electron chi connectivity index (χ1n) is 13.9. The van der Waals surface area contributed by atoms with Crippen LogP contribution in [0.3, 0.4) is 0 Å². The number of aliphatic hydroxyl groups is 1. The standard InChI is InChI=1S/C31H35N7O5/c32-30(41)33-17-7-12-28(29(40)34-25-15-13-23(20-39)14-16-25)38-19-27(36-37-38)26(18-22-8-3-1-4-9-22)35-31(42)43-21-24-10-5-2-6-11-24/h1-6,8-11,13-16,19,26,28,39H,7,12,17-18,20-21H2,(H,34,40)(H,35,42)(H3,32,33,41)/t26-,28-/m0/s1. The molecule has 0 unspecified atom stereocenters. The van der Waals surface area contributed by atoms with E-state index in [0.717, 1.165) is 11.1 Å². The van der Waals surface area contributed by atoms with E-state index in [-0.39, 0.29) is 25.7 Å². The molecular formula is C31H35N7O5. The smallest absolute Gasteiger partial charge is 0.408 e. The highest BCUT2D eigenvalue weighted by molar-refractivity contribution is 5.93. The summed E-state index contributed by atoms with van der Waals surface area (Å²) in [5.74, 6) is -0.345. The number of carbonyl (C=O) groups excluding carboxylic acids is 3. The van der Waals surface area contributed by atoms with Crippen LogP contribution in [0.2, 0.25) is 0 Å². The average Bonchev–Trinajstić information content (AvgIpc) is 3.51. The van der Waals surface area contributed by atoms with Gasteiger partial charge < -0.3 is 31.5 Å². The van der Waals surface area contributed by atoms with Crippen LogP contribution in [-0.2, 0) is 29.2 Å². The number of alkyl carbamates (subject to hydrolysis) is 1. The summed E-state index contributed by atoms with van der Waals surface area (Å²) in [6, 6.07) is 23.8. The van der Waals surface area contributed by atoms with E-state index >= 15 is 0 Å². The summed E-state index contributed by atoms with van der Waals surface area (Å²) >= 11 is 0. The number of amides is 4. The van der Waals surface area contributed by atoms with Gasteiger partial charge in [0.15, 0.2) is 0 Å².